The number of fused-ring (bicyclic) bond motifs is 1. The van der Waals surface area contributed by atoms with Crippen LogP contribution in [-0.2, 0) is 11.3 Å². The summed E-state index contributed by atoms with van der Waals surface area (Å²) in [7, 11) is 2.06. The van der Waals surface area contributed by atoms with E-state index in [1.165, 1.54) is 24.8 Å². The van der Waals surface area contributed by atoms with Gasteiger partial charge in [-0.25, -0.2) is 0 Å². The lowest BCUT2D eigenvalue weighted by atomic mass is 9.91. The summed E-state index contributed by atoms with van der Waals surface area (Å²) in [4.78, 5) is 17.5. The number of hydrogen-bond donors (Lipinski definition) is 0. The van der Waals surface area contributed by atoms with Gasteiger partial charge >= 0.3 is 0 Å². The van der Waals surface area contributed by atoms with Crippen molar-refractivity contribution in [2.24, 2.45) is 23.7 Å². The summed E-state index contributed by atoms with van der Waals surface area (Å²) in [5.74, 6) is 2.83. The molecule has 3 aliphatic rings. The van der Waals surface area contributed by atoms with Crippen LogP contribution in [-0.4, -0.2) is 41.9 Å². The van der Waals surface area contributed by atoms with Crippen LogP contribution in [0.15, 0.2) is 30.3 Å². The highest BCUT2D eigenvalue weighted by atomic mass is 16.2. The molecule has 1 aromatic carbocycles. The van der Waals surface area contributed by atoms with Gasteiger partial charge in [-0.2, -0.15) is 0 Å². The molecule has 2 aliphatic carbocycles. The Kier molecular flexibility index (Phi) is 4.38. The van der Waals surface area contributed by atoms with Crippen molar-refractivity contribution in [1.82, 2.24) is 9.80 Å². The quantitative estimate of drug-likeness (QED) is 0.846. The zero-order chi connectivity index (χ0) is 16.7. The standard InChI is InChI=1S/C21H30N2O/c1-15-13-23(14-16-7-4-3-5-8-16)12-11-19(15)22(2)21(24)20-17-9-6-10-18(17)20/h3-5,7-8,15,17-20H,6,9-14H2,1-2H3. The zero-order valence-electron chi connectivity index (χ0n) is 15.0. The second-order valence-corrected chi connectivity index (χ2v) is 8.29. The SMILES string of the molecule is CC1CN(Cc2ccccc2)CCC1N(C)C(=O)C1C2CCCC21. The van der Waals surface area contributed by atoms with E-state index < -0.39 is 0 Å². The van der Waals surface area contributed by atoms with E-state index in [9.17, 15) is 4.79 Å². The van der Waals surface area contributed by atoms with E-state index in [2.05, 4.69) is 54.1 Å². The van der Waals surface area contributed by atoms with E-state index in [-0.39, 0.29) is 0 Å². The van der Waals surface area contributed by atoms with Gasteiger partial charge in [0.1, 0.15) is 0 Å². The van der Waals surface area contributed by atoms with Crippen molar-refractivity contribution in [3.8, 4) is 0 Å². The Bertz CT molecular complexity index is 577. The molecule has 3 fully saturated rings. The van der Waals surface area contributed by atoms with E-state index >= 15 is 0 Å². The molecule has 4 unspecified atom stereocenters. The van der Waals surface area contributed by atoms with Gasteiger partial charge in [0.25, 0.3) is 0 Å². The molecule has 130 valence electrons. The monoisotopic (exact) mass is 326 g/mol. The summed E-state index contributed by atoms with van der Waals surface area (Å²) in [5.41, 5.74) is 1.39. The van der Waals surface area contributed by atoms with Crippen LogP contribution >= 0.6 is 0 Å². The first-order valence-corrected chi connectivity index (χ1v) is 9.68. The number of piperidine rings is 1. The van der Waals surface area contributed by atoms with Gasteiger partial charge in [-0.05, 0) is 42.6 Å². The minimum absolute atomic E-state index is 0.373. The maximum atomic E-state index is 12.8. The molecule has 4 rings (SSSR count). The van der Waals surface area contributed by atoms with Crippen molar-refractivity contribution in [2.75, 3.05) is 20.1 Å². The number of benzene rings is 1. The van der Waals surface area contributed by atoms with Crippen molar-refractivity contribution in [3.05, 3.63) is 35.9 Å². The number of rotatable bonds is 4. The molecule has 0 radical (unpaired) electrons. The Morgan fingerprint density at radius 1 is 1.17 bits per heavy atom. The lowest BCUT2D eigenvalue weighted by Crippen LogP contribution is -2.51. The van der Waals surface area contributed by atoms with Crippen LogP contribution in [0.1, 0.15) is 38.2 Å². The highest BCUT2D eigenvalue weighted by Gasteiger charge is 2.57. The Balaban J connectivity index is 1.32. The van der Waals surface area contributed by atoms with Crippen LogP contribution < -0.4 is 0 Å². The van der Waals surface area contributed by atoms with E-state index in [4.69, 9.17) is 0 Å². The van der Waals surface area contributed by atoms with Gasteiger partial charge in [-0.3, -0.25) is 9.69 Å². The van der Waals surface area contributed by atoms with Crippen molar-refractivity contribution in [2.45, 2.75) is 45.2 Å². The van der Waals surface area contributed by atoms with Crippen LogP contribution in [0.5, 0.6) is 0 Å². The van der Waals surface area contributed by atoms with Gasteiger partial charge in [0.05, 0.1) is 0 Å². The van der Waals surface area contributed by atoms with Gasteiger partial charge in [0.2, 0.25) is 5.91 Å². The molecular weight excluding hydrogens is 296 g/mol. The zero-order valence-corrected chi connectivity index (χ0v) is 15.0. The molecule has 2 saturated carbocycles. The molecule has 0 N–H and O–H groups in total. The van der Waals surface area contributed by atoms with Crippen molar-refractivity contribution >= 4 is 5.91 Å². The van der Waals surface area contributed by atoms with Gasteiger partial charge in [0.15, 0.2) is 0 Å². The van der Waals surface area contributed by atoms with E-state index in [0.717, 1.165) is 37.9 Å². The predicted octanol–water partition coefficient (Wildman–Crippen LogP) is 3.40. The molecule has 1 aliphatic heterocycles. The summed E-state index contributed by atoms with van der Waals surface area (Å²) in [6, 6.07) is 11.1. The normalized spacial score (nSPS) is 35.5. The predicted molar refractivity (Wildman–Crippen MR) is 96.4 cm³/mol. The van der Waals surface area contributed by atoms with Crippen LogP contribution in [0.3, 0.4) is 0 Å². The first-order valence-electron chi connectivity index (χ1n) is 9.68. The van der Waals surface area contributed by atoms with E-state index in [0.29, 0.717) is 23.8 Å². The first kappa shape index (κ1) is 16.1. The molecule has 24 heavy (non-hydrogen) atoms. The summed E-state index contributed by atoms with van der Waals surface area (Å²) in [6.07, 6.45) is 5.04. The van der Waals surface area contributed by atoms with Crippen molar-refractivity contribution in [3.63, 3.8) is 0 Å². The molecule has 0 spiro atoms. The molecule has 1 heterocycles. The Morgan fingerprint density at radius 2 is 1.88 bits per heavy atom. The Labute approximate surface area is 146 Å². The fourth-order valence-corrected chi connectivity index (χ4v) is 5.37. The molecular formula is C21H30N2O. The highest BCUT2D eigenvalue weighted by Crippen LogP contribution is 2.58. The second-order valence-electron chi connectivity index (χ2n) is 8.29. The molecule has 0 aromatic heterocycles. The Hall–Kier alpha value is -1.35. The molecule has 3 heteroatoms. The lowest BCUT2D eigenvalue weighted by Gasteiger charge is -2.41. The summed E-state index contributed by atoms with van der Waals surface area (Å²) in [6.45, 7) is 5.54. The number of amides is 1. The minimum Gasteiger partial charge on any atom is -0.342 e. The third kappa shape index (κ3) is 2.99. The molecule has 4 atom stereocenters. The highest BCUT2D eigenvalue weighted by molar-refractivity contribution is 5.82. The lowest BCUT2D eigenvalue weighted by molar-refractivity contribution is -0.136. The van der Waals surface area contributed by atoms with E-state index in [1.54, 1.807) is 0 Å². The van der Waals surface area contributed by atoms with Gasteiger partial charge in [-0.1, -0.05) is 43.7 Å². The second kappa shape index (κ2) is 6.51. The molecule has 1 amide bonds. The van der Waals surface area contributed by atoms with E-state index in [1.807, 2.05) is 0 Å². The molecule has 1 aromatic rings. The number of carbonyl (C=O) groups is 1. The van der Waals surface area contributed by atoms with Crippen molar-refractivity contribution < 1.29 is 4.79 Å². The average molecular weight is 326 g/mol. The summed E-state index contributed by atoms with van der Waals surface area (Å²) in [5, 5.41) is 0. The number of carbonyl (C=O) groups excluding carboxylic acids is 1. The van der Waals surface area contributed by atoms with Gasteiger partial charge in [-0.15, -0.1) is 0 Å². The molecule has 1 saturated heterocycles. The van der Waals surface area contributed by atoms with Crippen LogP contribution in [0, 0.1) is 23.7 Å². The van der Waals surface area contributed by atoms with Gasteiger partial charge in [0, 0.05) is 38.6 Å². The first-order chi connectivity index (χ1) is 11.6. The maximum absolute atomic E-state index is 12.8. The average Bonchev–Trinajstić information content (AvgIpc) is 3.06. The summed E-state index contributed by atoms with van der Waals surface area (Å²) >= 11 is 0. The number of nitrogens with zero attached hydrogens (tertiary/aromatic N) is 2. The third-order valence-electron chi connectivity index (χ3n) is 6.73. The van der Waals surface area contributed by atoms with Crippen LogP contribution in [0.4, 0.5) is 0 Å². The minimum atomic E-state index is 0.373. The van der Waals surface area contributed by atoms with Crippen LogP contribution in [0.2, 0.25) is 0 Å². The summed E-state index contributed by atoms with van der Waals surface area (Å²) < 4.78 is 0. The molecule has 0 bridgehead atoms. The van der Waals surface area contributed by atoms with Gasteiger partial charge < -0.3 is 4.90 Å². The topological polar surface area (TPSA) is 23.6 Å². The van der Waals surface area contributed by atoms with Crippen LogP contribution in [0.25, 0.3) is 0 Å². The third-order valence-corrected chi connectivity index (χ3v) is 6.73. The maximum Gasteiger partial charge on any atom is 0.226 e. The Morgan fingerprint density at radius 3 is 2.54 bits per heavy atom. The fraction of sp³-hybridized carbons (Fsp3) is 0.667. The largest absolute Gasteiger partial charge is 0.342 e. The smallest absolute Gasteiger partial charge is 0.226 e. The fourth-order valence-electron chi connectivity index (χ4n) is 5.37. The number of hydrogen-bond acceptors (Lipinski definition) is 2. The number of likely N-dealkylation sites (tertiary alicyclic amines) is 1. The van der Waals surface area contributed by atoms with Crippen molar-refractivity contribution in [1.29, 1.82) is 0 Å². The molecule has 3 nitrogen and oxygen atoms in total.